The van der Waals surface area contributed by atoms with Gasteiger partial charge in [-0.1, -0.05) is 24.1 Å². The first-order valence-corrected chi connectivity index (χ1v) is 9.66. The van der Waals surface area contributed by atoms with Gasteiger partial charge in [-0.15, -0.1) is 6.42 Å². The molecule has 2 heterocycles. The SMILES string of the molecule is C#CCn1cc(CN(C)S(=O)(=O)C2CN(C(=O)c3ccccc3)C2)cn1. The maximum absolute atomic E-state index is 12.7. The molecule has 1 saturated heterocycles. The number of rotatable bonds is 6. The fourth-order valence-corrected chi connectivity index (χ4v) is 4.40. The molecule has 7 nitrogen and oxygen atoms in total. The average Bonchev–Trinajstić information content (AvgIpc) is 3.01. The van der Waals surface area contributed by atoms with Crippen LogP contribution >= 0.6 is 0 Å². The number of benzene rings is 1. The summed E-state index contributed by atoms with van der Waals surface area (Å²) in [6, 6.07) is 8.86. The third-order valence-electron chi connectivity index (χ3n) is 4.36. The quantitative estimate of drug-likeness (QED) is 0.703. The molecule has 1 fully saturated rings. The van der Waals surface area contributed by atoms with Crippen LogP contribution in [0.15, 0.2) is 42.7 Å². The van der Waals surface area contributed by atoms with Crippen LogP contribution in [0.4, 0.5) is 0 Å². The molecule has 0 atom stereocenters. The highest BCUT2D eigenvalue weighted by atomic mass is 32.2. The van der Waals surface area contributed by atoms with Gasteiger partial charge in [-0.2, -0.15) is 5.10 Å². The first kappa shape index (κ1) is 18.2. The molecule has 1 aliphatic rings. The van der Waals surface area contributed by atoms with Gasteiger partial charge in [0.05, 0.1) is 6.20 Å². The van der Waals surface area contributed by atoms with Crippen LogP contribution in [-0.2, 0) is 23.1 Å². The van der Waals surface area contributed by atoms with E-state index in [2.05, 4.69) is 11.0 Å². The zero-order chi connectivity index (χ0) is 18.7. The van der Waals surface area contributed by atoms with E-state index in [9.17, 15) is 13.2 Å². The lowest BCUT2D eigenvalue weighted by atomic mass is 10.1. The van der Waals surface area contributed by atoms with E-state index in [0.717, 1.165) is 5.56 Å². The molecule has 26 heavy (non-hydrogen) atoms. The van der Waals surface area contributed by atoms with Gasteiger partial charge in [-0.25, -0.2) is 12.7 Å². The largest absolute Gasteiger partial charge is 0.336 e. The van der Waals surface area contributed by atoms with E-state index in [1.54, 1.807) is 46.2 Å². The maximum Gasteiger partial charge on any atom is 0.253 e. The van der Waals surface area contributed by atoms with E-state index in [1.807, 2.05) is 6.07 Å². The van der Waals surface area contributed by atoms with Crippen molar-refractivity contribution < 1.29 is 13.2 Å². The monoisotopic (exact) mass is 372 g/mol. The number of hydrogen-bond donors (Lipinski definition) is 0. The summed E-state index contributed by atoms with van der Waals surface area (Å²) in [6.07, 6.45) is 8.58. The second kappa shape index (κ2) is 7.32. The predicted octanol–water partition coefficient (Wildman–Crippen LogP) is 0.802. The molecule has 136 valence electrons. The highest BCUT2D eigenvalue weighted by molar-refractivity contribution is 7.89. The molecule has 2 aromatic rings. The number of likely N-dealkylation sites (tertiary alicyclic amines) is 1. The Morgan fingerprint density at radius 3 is 2.69 bits per heavy atom. The van der Waals surface area contributed by atoms with Gasteiger partial charge < -0.3 is 4.90 Å². The Morgan fingerprint density at radius 1 is 1.35 bits per heavy atom. The number of nitrogens with zero attached hydrogens (tertiary/aromatic N) is 4. The van der Waals surface area contributed by atoms with Crippen LogP contribution in [0, 0.1) is 12.3 Å². The Morgan fingerprint density at radius 2 is 2.04 bits per heavy atom. The summed E-state index contributed by atoms with van der Waals surface area (Å²) in [6.45, 7) is 0.971. The molecular weight excluding hydrogens is 352 g/mol. The van der Waals surface area contributed by atoms with Crippen LogP contribution in [0.3, 0.4) is 0 Å². The van der Waals surface area contributed by atoms with Crippen LogP contribution in [0.1, 0.15) is 15.9 Å². The number of carbonyl (C=O) groups excluding carboxylic acids is 1. The zero-order valence-electron chi connectivity index (χ0n) is 14.4. The van der Waals surface area contributed by atoms with Crippen LogP contribution < -0.4 is 0 Å². The van der Waals surface area contributed by atoms with Crippen molar-refractivity contribution in [3.63, 3.8) is 0 Å². The first-order chi connectivity index (χ1) is 12.4. The minimum Gasteiger partial charge on any atom is -0.336 e. The summed E-state index contributed by atoms with van der Waals surface area (Å²) in [4.78, 5) is 13.9. The second-order valence-electron chi connectivity index (χ2n) is 6.25. The number of amides is 1. The predicted molar refractivity (Wildman–Crippen MR) is 97.6 cm³/mol. The number of carbonyl (C=O) groups is 1. The third kappa shape index (κ3) is 3.64. The molecule has 8 heteroatoms. The summed E-state index contributed by atoms with van der Waals surface area (Å²) in [7, 11) is -1.95. The van der Waals surface area contributed by atoms with Crippen molar-refractivity contribution in [1.82, 2.24) is 19.0 Å². The molecule has 1 aromatic heterocycles. The Labute approximate surface area is 153 Å². The molecule has 0 saturated carbocycles. The Hall–Kier alpha value is -2.63. The smallest absolute Gasteiger partial charge is 0.253 e. The van der Waals surface area contributed by atoms with Crippen molar-refractivity contribution in [2.45, 2.75) is 18.3 Å². The Bertz CT molecular complexity index is 925. The van der Waals surface area contributed by atoms with E-state index in [-0.39, 0.29) is 25.5 Å². The fourth-order valence-electron chi connectivity index (χ4n) is 2.83. The molecule has 0 N–H and O–H groups in total. The lowest BCUT2D eigenvalue weighted by Gasteiger charge is -2.40. The van der Waals surface area contributed by atoms with Gasteiger partial charge in [0, 0.05) is 44.0 Å². The molecule has 0 unspecified atom stereocenters. The molecule has 1 aromatic carbocycles. The molecule has 1 aliphatic heterocycles. The number of hydrogen-bond acceptors (Lipinski definition) is 4. The highest BCUT2D eigenvalue weighted by Crippen LogP contribution is 2.22. The normalized spacial score (nSPS) is 14.9. The number of aromatic nitrogens is 2. The fraction of sp³-hybridized carbons (Fsp3) is 0.333. The minimum absolute atomic E-state index is 0.143. The van der Waals surface area contributed by atoms with Crippen LogP contribution in [0.25, 0.3) is 0 Å². The molecular formula is C18H20N4O3S. The van der Waals surface area contributed by atoms with Crippen molar-refractivity contribution >= 4 is 15.9 Å². The van der Waals surface area contributed by atoms with Crippen molar-refractivity contribution in [3.05, 3.63) is 53.9 Å². The molecule has 0 aliphatic carbocycles. The zero-order valence-corrected chi connectivity index (χ0v) is 15.3. The van der Waals surface area contributed by atoms with Crippen molar-refractivity contribution in [1.29, 1.82) is 0 Å². The van der Waals surface area contributed by atoms with E-state index in [0.29, 0.717) is 12.1 Å². The molecule has 3 rings (SSSR count). The van der Waals surface area contributed by atoms with Gasteiger partial charge in [0.2, 0.25) is 10.0 Å². The van der Waals surface area contributed by atoms with E-state index >= 15 is 0 Å². The molecule has 0 bridgehead atoms. The summed E-state index contributed by atoms with van der Waals surface area (Å²) >= 11 is 0. The van der Waals surface area contributed by atoms with Gasteiger partial charge >= 0.3 is 0 Å². The average molecular weight is 372 g/mol. The standard InChI is InChI=1S/C18H20N4O3S/c1-3-9-22-12-15(10-19-22)11-20(2)26(24,25)17-13-21(14-17)18(23)16-7-5-4-6-8-16/h1,4-8,10,12,17H,9,11,13-14H2,2H3. The van der Waals surface area contributed by atoms with Crippen molar-refractivity contribution in [3.8, 4) is 12.3 Å². The van der Waals surface area contributed by atoms with Gasteiger partial charge in [0.15, 0.2) is 0 Å². The second-order valence-corrected chi connectivity index (χ2v) is 8.57. The number of terminal acetylenes is 1. The van der Waals surface area contributed by atoms with Gasteiger partial charge in [0.1, 0.15) is 11.8 Å². The third-order valence-corrected chi connectivity index (χ3v) is 6.50. The summed E-state index contributed by atoms with van der Waals surface area (Å²) < 4.78 is 28.3. The number of sulfonamides is 1. The highest BCUT2D eigenvalue weighted by Gasteiger charge is 2.41. The van der Waals surface area contributed by atoms with Gasteiger partial charge in [-0.05, 0) is 12.1 Å². The van der Waals surface area contributed by atoms with Crippen LogP contribution in [0.2, 0.25) is 0 Å². The van der Waals surface area contributed by atoms with Crippen LogP contribution in [0.5, 0.6) is 0 Å². The molecule has 0 spiro atoms. The van der Waals surface area contributed by atoms with Gasteiger partial charge in [-0.3, -0.25) is 9.48 Å². The lowest BCUT2D eigenvalue weighted by molar-refractivity contribution is 0.0655. The Kier molecular flexibility index (Phi) is 5.11. The topological polar surface area (TPSA) is 75.5 Å². The molecule has 1 amide bonds. The maximum atomic E-state index is 12.7. The van der Waals surface area contributed by atoms with E-state index < -0.39 is 15.3 Å². The summed E-state index contributed by atoms with van der Waals surface area (Å²) in [5, 5.41) is 3.51. The van der Waals surface area contributed by atoms with E-state index in [4.69, 9.17) is 6.42 Å². The minimum atomic E-state index is -3.49. The van der Waals surface area contributed by atoms with Crippen molar-refractivity contribution in [2.75, 3.05) is 20.1 Å². The molecule has 0 radical (unpaired) electrons. The first-order valence-electron chi connectivity index (χ1n) is 8.16. The van der Waals surface area contributed by atoms with Gasteiger partial charge in [0.25, 0.3) is 5.91 Å². The summed E-state index contributed by atoms with van der Waals surface area (Å²) in [5.41, 5.74) is 1.33. The van der Waals surface area contributed by atoms with Crippen molar-refractivity contribution in [2.24, 2.45) is 0 Å². The Balaban J connectivity index is 1.59. The lowest BCUT2D eigenvalue weighted by Crippen LogP contribution is -2.59. The van der Waals surface area contributed by atoms with E-state index in [1.165, 1.54) is 11.4 Å². The van der Waals surface area contributed by atoms with Crippen LogP contribution in [-0.4, -0.2) is 58.7 Å². The summed E-state index contributed by atoms with van der Waals surface area (Å²) in [5.74, 6) is 2.33.